The molecule has 0 amide bonds. The number of ketones is 1. The normalized spacial score (nSPS) is 12.0. The average molecular weight is 286 g/mol. The molecule has 0 fully saturated rings. The first-order valence-electron chi connectivity index (χ1n) is 7.12. The molecule has 0 heterocycles. The van der Waals surface area contributed by atoms with Crippen LogP contribution in [0.15, 0.2) is 48.5 Å². The van der Waals surface area contributed by atoms with Crippen molar-refractivity contribution in [1.29, 1.82) is 0 Å². The molecule has 2 nitrogen and oxygen atoms in total. The topological polar surface area (TPSA) is 26.3 Å². The molecule has 2 aromatic carbocycles. The molecule has 0 spiro atoms. The van der Waals surface area contributed by atoms with Crippen molar-refractivity contribution in [2.75, 3.05) is 6.61 Å². The molecule has 21 heavy (non-hydrogen) atoms. The number of carbonyl (C=O) groups is 1. The average Bonchev–Trinajstić information content (AvgIpc) is 2.52. The maximum absolute atomic E-state index is 12.8. The van der Waals surface area contributed by atoms with E-state index >= 15 is 0 Å². The molecule has 0 aliphatic carbocycles. The monoisotopic (exact) mass is 286 g/mol. The van der Waals surface area contributed by atoms with E-state index in [1.807, 2.05) is 24.3 Å². The maximum atomic E-state index is 12.8. The van der Waals surface area contributed by atoms with Crippen LogP contribution in [-0.2, 0) is 0 Å². The van der Waals surface area contributed by atoms with Crippen molar-refractivity contribution in [2.45, 2.75) is 26.2 Å². The third-order valence-corrected chi connectivity index (χ3v) is 3.59. The van der Waals surface area contributed by atoms with Crippen LogP contribution in [0, 0.1) is 5.82 Å². The van der Waals surface area contributed by atoms with Crippen molar-refractivity contribution in [1.82, 2.24) is 0 Å². The van der Waals surface area contributed by atoms with Gasteiger partial charge in [-0.05, 0) is 48.2 Å². The number of benzene rings is 2. The third kappa shape index (κ3) is 3.91. The molecule has 0 bridgehead atoms. The van der Waals surface area contributed by atoms with Gasteiger partial charge in [0.25, 0.3) is 0 Å². The number of ether oxygens (including phenoxy) is 1. The molecule has 2 rings (SSSR count). The highest BCUT2D eigenvalue weighted by molar-refractivity contribution is 5.97. The summed E-state index contributed by atoms with van der Waals surface area (Å²) in [5.41, 5.74) is 1.56. The minimum Gasteiger partial charge on any atom is -0.485 e. The molecule has 1 unspecified atom stereocenters. The Hall–Kier alpha value is -2.16. The van der Waals surface area contributed by atoms with E-state index in [2.05, 4.69) is 13.8 Å². The lowest BCUT2D eigenvalue weighted by molar-refractivity contribution is 0.0920. The Bertz CT molecular complexity index is 605. The SMILES string of the molecule is CCC(C)c1ccccc1OCC(=O)c1ccc(F)cc1. The number of rotatable bonds is 6. The summed E-state index contributed by atoms with van der Waals surface area (Å²) in [5, 5.41) is 0. The Balaban J connectivity index is 2.06. The molecule has 110 valence electrons. The molecule has 2 aromatic rings. The van der Waals surface area contributed by atoms with Crippen molar-refractivity contribution in [3.05, 3.63) is 65.5 Å². The van der Waals surface area contributed by atoms with Gasteiger partial charge in [0.15, 0.2) is 12.4 Å². The van der Waals surface area contributed by atoms with Crippen molar-refractivity contribution in [2.24, 2.45) is 0 Å². The first kappa shape index (κ1) is 15.2. The summed E-state index contributed by atoms with van der Waals surface area (Å²) in [6.45, 7) is 4.20. The second kappa shape index (κ2) is 7.02. The molecule has 0 aromatic heterocycles. The van der Waals surface area contributed by atoms with Crippen LogP contribution in [0.3, 0.4) is 0 Å². The summed E-state index contributed by atoms with van der Waals surface area (Å²) < 4.78 is 18.5. The standard InChI is InChI=1S/C18H19FO2/c1-3-13(2)16-6-4-5-7-18(16)21-12-17(20)14-8-10-15(19)11-9-14/h4-11,13H,3,12H2,1-2H3. The highest BCUT2D eigenvalue weighted by atomic mass is 19.1. The fraction of sp³-hybridized carbons (Fsp3) is 0.278. The van der Waals surface area contributed by atoms with Gasteiger partial charge in [-0.1, -0.05) is 32.0 Å². The number of hydrogen-bond donors (Lipinski definition) is 0. The third-order valence-electron chi connectivity index (χ3n) is 3.59. The number of hydrogen-bond acceptors (Lipinski definition) is 2. The van der Waals surface area contributed by atoms with Gasteiger partial charge in [0, 0.05) is 5.56 Å². The lowest BCUT2D eigenvalue weighted by Gasteiger charge is -2.15. The first-order chi connectivity index (χ1) is 10.1. The lowest BCUT2D eigenvalue weighted by atomic mass is 9.98. The van der Waals surface area contributed by atoms with E-state index < -0.39 is 0 Å². The summed E-state index contributed by atoms with van der Waals surface area (Å²) in [4.78, 5) is 12.0. The maximum Gasteiger partial charge on any atom is 0.200 e. The summed E-state index contributed by atoms with van der Waals surface area (Å²) in [5.74, 6) is 0.605. The number of para-hydroxylation sites is 1. The van der Waals surface area contributed by atoms with E-state index in [4.69, 9.17) is 4.74 Å². The van der Waals surface area contributed by atoms with Crippen molar-refractivity contribution in [3.8, 4) is 5.75 Å². The summed E-state index contributed by atoms with van der Waals surface area (Å²) in [6.07, 6.45) is 1.01. The first-order valence-corrected chi connectivity index (χ1v) is 7.12. The fourth-order valence-corrected chi connectivity index (χ4v) is 2.10. The van der Waals surface area contributed by atoms with E-state index in [-0.39, 0.29) is 18.2 Å². The van der Waals surface area contributed by atoms with Gasteiger partial charge in [0.1, 0.15) is 11.6 Å². The molecule has 3 heteroatoms. The smallest absolute Gasteiger partial charge is 0.200 e. The predicted molar refractivity (Wildman–Crippen MR) is 81.4 cm³/mol. The second-order valence-corrected chi connectivity index (χ2v) is 5.07. The quantitative estimate of drug-likeness (QED) is 0.725. The summed E-state index contributed by atoms with van der Waals surface area (Å²) >= 11 is 0. The Morgan fingerprint density at radius 2 is 1.81 bits per heavy atom. The highest BCUT2D eigenvalue weighted by Gasteiger charge is 2.12. The number of halogens is 1. The van der Waals surface area contributed by atoms with E-state index in [0.29, 0.717) is 11.5 Å². The van der Waals surface area contributed by atoms with Crippen LogP contribution in [0.5, 0.6) is 5.75 Å². The number of carbonyl (C=O) groups excluding carboxylic acids is 1. The zero-order chi connectivity index (χ0) is 15.2. The predicted octanol–water partition coefficient (Wildman–Crippen LogP) is 4.60. The lowest BCUT2D eigenvalue weighted by Crippen LogP contribution is -2.12. The zero-order valence-electron chi connectivity index (χ0n) is 12.3. The van der Waals surface area contributed by atoms with Crippen LogP contribution < -0.4 is 4.74 Å². The van der Waals surface area contributed by atoms with Crippen LogP contribution in [0.2, 0.25) is 0 Å². The molecule has 0 saturated carbocycles. The second-order valence-electron chi connectivity index (χ2n) is 5.07. The molecule has 0 aliphatic heterocycles. The minimum atomic E-state index is -0.352. The minimum absolute atomic E-state index is 0.0426. The fourth-order valence-electron chi connectivity index (χ4n) is 2.10. The summed E-state index contributed by atoms with van der Waals surface area (Å²) in [7, 11) is 0. The van der Waals surface area contributed by atoms with E-state index in [0.717, 1.165) is 17.7 Å². The van der Waals surface area contributed by atoms with Crippen LogP contribution in [0.4, 0.5) is 4.39 Å². The van der Waals surface area contributed by atoms with Gasteiger partial charge >= 0.3 is 0 Å². The largest absolute Gasteiger partial charge is 0.485 e. The van der Waals surface area contributed by atoms with E-state index in [1.165, 1.54) is 24.3 Å². The Kier molecular flexibility index (Phi) is 5.09. The Labute approximate surface area is 124 Å². The Morgan fingerprint density at radius 1 is 1.14 bits per heavy atom. The van der Waals surface area contributed by atoms with Gasteiger partial charge in [0.05, 0.1) is 0 Å². The van der Waals surface area contributed by atoms with Gasteiger partial charge in [-0.25, -0.2) is 4.39 Å². The van der Waals surface area contributed by atoms with Crippen molar-refractivity contribution < 1.29 is 13.9 Å². The van der Waals surface area contributed by atoms with Crippen LogP contribution in [0.1, 0.15) is 42.1 Å². The van der Waals surface area contributed by atoms with Crippen LogP contribution in [-0.4, -0.2) is 12.4 Å². The van der Waals surface area contributed by atoms with Gasteiger partial charge in [0.2, 0.25) is 0 Å². The zero-order valence-corrected chi connectivity index (χ0v) is 12.3. The van der Waals surface area contributed by atoms with E-state index in [1.54, 1.807) is 0 Å². The summed E-state index contributed by atoms with van der Waals surface area (Å²) in [6, 6.07) is 13.3. The van der Waals surface area contributed by atoms with Gasteiger partial charge in [-0.2, -0.15) is 0 Å². The molecule has 0 saturated heterocycles. The van der Waals surface area contributed by atoms with Gasteiger partial charge in [-0.3, -0.25) is 4.79 Å². The van der Waals surface area contributed by atoms with Crippen LogP contribution >= 0.6 is 0 Å². The van der Waals surface area contributed by atoms with Crippen molar-refractivity contribution >= 4 is 5.78 Å². The van der Waals surface area contributed by atoms with E-state index in [9.17, 15) is 9.18 Å². The molecular formula is C18H19FO2. The van der Waals surface area contributed by atoms with Gasteiger partial charge in [-0.15, -0.1) is 0 Å². The molecule has 0 N–H and O–H groups in total. The Morgan fingerprint density at radius 3 is 2.48 bits per heavy atom. The molecular weight excluding hydrogens is 267 g/mol. The molecule has 1 atom stereocenters. The highest BCUT2D eigenvalue weighted by Crippen LogP contribution is 2.28. The van der Waals surface area contributed by atoms with Crippen molar-refractivity contribution in [3.63, 3.8) is 0 Å². The van der Waals surface area contributed by atoms with Crippen LogP contribution in [0.25, 0.3) is 0 Å². The molecule has 0 aliphatic rings. The number of Topliss-reactive ketones (excluding diaryl/α,β-unsaturated/α-hetero) is 1. The van der Waals surface area contributed by atoms with Gasteiger partial charge < -0.3 is 4.74 Å². The molecule has 0 radical (unpaired) electrons.